The summed E-state index contributed by atoms with van der Waals surface area (Å²) in [6.07, 6.45) is 5.16. The molecule has 3 rings (SSSR count). The van der Waals surface area contributed by atoms with Crippen molar-refractivity contribution < 1.29 is 0 Å². The molecule has 0 unspecified atom stereocenters. The third kappa shape index (κ3) is 1.72. The van der Waals surface area contributed by atoms with Gasteiger partial charge in [0.15, 0.2) is 0 Å². The van der Waals surface area contributed by atoms with Gasteiger partial charge >= 0.3 is 0 Å². The van der Waals surface area contributed by atoms with Gasteiger partial charge in [-0.25, -0.2) is 9.97 Å². The van der Waals surface area contributed by atoms with E-state index in [1.807, 2.05) is 6.07 Å². The molecule has 0 saturated heterocycles. The van der Waals surface area contributed by atoms with Crippen LogP contribution in [0.4, 0.5) is 5.82 Å². The number of aromatic nitrogens is 2. The van der Waals surface area contributed by atoms with Crippen LogP contribution >= 0.6 is 15.9 Å². The van der Waals surface area contributed by atoms with Crippen LogP contribution in [0.2, 0.25) is 0 Å². The van der Waals surface area contributed by atoms with E-state index < -0.39 is 0 Å². The van der Waals surface area contributed by atoms with Crippen molar-refractivity contribution in [2.75, 3.05) is 5.73 Å². The Morgan fingerprint density at radius 2 is 1.89 bits per heavy atom. The molecule has 3 nitrogen and oxygen atoms in total. The fraction of sp³-hybridized carbons (Fsp3) is 0.286. The van der Waals surface area contributed by atoms with E-state index in [0.29, 0.717) is 5.82 Å². The number of nitrogen functional groups attached to an aromatic ring is 1. The Balaban J connectivity index is 2.09. The fourth-order valence-corrected chi connectivity index (χ4v) is 2.73. The quantitative estimate of drug-likeness (QED) is 0.926. The van der Waals surface area contributed by atoms with Crippen LogP contribution in [0.1, 0.15) is 30.7 Å². The summed E-state index contributed by atoms with van der Waals surface area (Å²) in [5.74, 6) is 1.36. The van der Waals surface area contributed by atoms with Crippen LogP contribution < -0.4 is 5.73 Å². The minimum atomic E-state index is -0.0317. The minimum Gasteiger partial charge on any atom is -0.383 e. The minimum absolute atomic E-state index is 0.0317. The van der Waals surface area contributed by atoms with Crippen molar-refractivity contribution in [3.63, 3.8) is 0 Å². The average molecular weight is 304 g/mol. The Kier molecular flexibility index (Phi) is 2.82. The second kappa shape index (κ2) is 4.35. The van der Waals surface area contributed by atoms with Crippen LogP contribution in [-0.4, -0.2) is 9.97 Å². The molecule has 1 aromatic carbocycles. The topological polar surface area (TPSA) is 51.8 Å². The molecule has 2 aromatic rings. The van der Waals surface area contributed by atoms with E-state index in [-0.39, 0.29) is 5.41 Å². The molecule has 18 heavy (non-hydrogen) atoms. The smallest absolute Gasteiger partial charge is 0.141 e. The Morgan fingerprint density at radius 1 is 1.17 bits per heavy atom. The lowest BCUT2D eigenvalue weighted by Gasteiger charge is -2.41. The highest BCUT2D eigenvalue weighted by Crippen LogP contribution is 2.47. The van der Waals surface area contributed by atoms with Crippen molar-refractivity contribution in [1.82, 2.24) is 9.97 Å². The molecule has 1 aliphatic rings. The summed E-state index contributed by atoms with van der Waals surface area (Å²) in [7, 11) is 0. The second-order valence-corrected chi connectivity index (χ2v) is 5.58. The van der Waals surface area contributed by atoms with Gasteiger partial charge in [0, 0.05) is 6.20 Å². The van der Waals surface area contributed by atoms with Gasteiger partial charge in [0.25, 0.3) is 0 Å². The zero-order valence-corrected chi connectivity index (χ0v) is 11.5. The highest BCUT2D eigenvalue weighted by molar-refractivity contribution is 9.10. The standard InChI is InChI=1S/C14H14BrN3/c15-11-9-17-13(18-12(11)16)14(7-4-8-14)10-5-2-1-3-6-10/h1-3,5-6,9H,4,7-8H2,(H2,16,17,18). The molecule has 1 aliphatic carbocycles. The summed E-state index contributed by atoms with van der Waals surface area (Å²) < 4.78 is 0.758. The highest BCUT2D eigenvalue weighted by atomic mass is 79.9. The first-order chi connectivity index (χ1) is 8.72. The Morgan fingerprint density at radius 3 is 2.44 bits per heavy atom. The molecule has 2 N–H and O–H groups in total. The molecule has 1 saturated carbocycles. The monoisotopic (exact) mass is 303 g/mol. The molecular formula is C14H14BrN3. The summed E-state index contributed by atoms with van der Waals surface area (Å²) in [5, 5.41) is 0. The number of hydrogen-bond donors (Lipinski definition) is 1. The van der Waals surface area contributed by atoms with Crippen LogP contribution in [0, 0.1) is 0 Å². The van der Waals surface area contributed by atoms with Crippen LogP contribution in [0.15, 0.2) is 41.0 Å². The van der Waals surface area contributed by atoms with Crippen molar-refractivity contribution >= 4 is 21.7 Å². The van der Waals surface area contributed by atoms with Crippen molar-refractivity contribution in [2.45, 2.75) is 24.7 Å². The van der Waals surface area contributed by atoms with Crippen LogP contribution in [0.25, 0.3) is 0 Å². The highest BCUT2D eigenvalue weighted by Gasteiger charge is 2.43. The van der Waals surface area contributed by atoms with Gasteiger partial charge in [0.05, 0.1) is 9.89 Å². The number of rotatable bonds is 2. The van der Waals surface area contributed by atoms with Crippen molar-refractivity contribution in [3.8, 4) is 0 Å². The van der Waals surface area contributed by atoms with Gasteiger partial charge in [-0.3, -0.25) is 0 Å². The molecular weight excluding hydrogens is 290 g/mol. The van der Waals surface area contributed by atoms with Gasteiger partial charge < -0.3 is 5.73 Å². The first kappa shape index (κ1) is 11.7. The first-order valence-corrected chi connectivity index (χ1v) is 6.86. The number of hydrogen-bond acceptors (Lipinski definition) is 3. The third-order valence-electron chi connectivity index (χ3n) is 3.73. The third-order valence-corrected chi connectivity index (χ3v) is 4.34. The lowest BCUT2D eigenvalue weighted by Crippen LogP contribution is -2.37. The van der Waals surface area contributed by atoms with Gasteiger partial charge in [0.1, 0.15) is 11.6 Å². The van der Waals surface area contributed by atoms with E-state index in [1.165, 1.54) is 12.0 Å². The molecule has 1 fully saturated rings. The number of halogens is 1. The van der Waals surface area contributed by atoms with E-state index >= 15 is 0 Å². The predicted molar refractivity (Wildman–Crippen MR) is 75.2 cm³/mol. The summed E-state index contributed by atoms with van der Waals surface area (Å²) in [6.45, 7) is 0. The molecule has 92 valence electrons. The van der Waals surface area contributed by atoms with E-state index in [2.05, 4.69) is 50.2 Å². The Labute approximate surface area is 115 Å². The summed E-state index contributed by atoms with van der Waals surface area (Å²) in [6, 6.07) is 10.5. The van der Waals surface area contributed by atoms with E-state index in [4.69, 9.17) is 5.73 Å². The number of benzene rings is 1. The van der Waals surface area contributed by atoms with Crippen LogP contribution in [0.5, 0.6) is 0 Å². The van der Waals surface area contributed by atoms with Gasteiger partial charge in [-0.1, -0.05) is 36.8 Å². The Hall–Kier alpha value is -1.42. The SMILES string of the molecule is Nc1nc(C2(c3ccccc3)CCC2)ncc1Br. The van der Waals surface area contributed by atoms with E-state index in [1.54, 1.807) is 6.20 Å². The maximum absolute atomic E-state index is 5.88. The zero-order chi connectivity index (χ0) is 12.6. The Bertz CT molecular complexity index is 565. The molecule has 0 spiro atoms. The van der Waals surface area contributed by atoms with Crippen molar-refractivity contribution in [3.05, 3.63) is 52.4 Å². The molecule has 1 heterocycles. The van der Waals surface area contributed by atoms with Gasteiger partial charge in [0.2, 0.25) is 0 Å². The maximum Gasteiger partial charge on any atom is 0.141 e. The van der Waals surface area contributed by atoms with E-state index in [9.17, 15) is 0 Å². The molecule has 0 atom stereocenters. The molecule has 1 aromatic heterocycles. The first-order valence-electron chi connectivity index (χ1n) is 6.06. The summed E-state index contributed by atoms with van der Waals surface area (Å²) >= 11 is 3.34. The summed E-state index contributed by atoms with van der Waals surface area (Å²) in [4.78, 5) is 8.93. The lowest BCUT2D eigenvalue weighted by atomic mass is 9.64. The molecule has 0 bridgehead atoms. The summed E-state index contributed by atoms with van der Waals surface area (Å²) in [5.41, 5.74) is 7.13. The molecule has 0 aliphatic heterocycles. The van der Waals surface area contributed by atoms with Crippen molar-refractivity contribution in [2.24, 2.45) is 0 Å². The van der Waals surface area contributed by atoms with Gasteiger partial charge in [-0.2, -0.15) is 0 Å². The average Bonchev–Trinajstić information content (AvgIpc) is 2.34. The number of nitrogens with two attached hydrogens (primary N) is 1. The van der Waals surface area contributed by atoms with Gasteiger partial charge in [-0.05, 0) is 34.3 Å². The zero-order valence-electron chi connectivity index (χ0n) is 9.94. The largest absolute Gasteiger partial charge is 0.383 e. The van der Waals surface area contributed by atoms with Gasteiger partial charge in [-0.15, -0.1) is 0 Å². The maximum atomic E-state index is 5.88. The second-order valence-electron chi connectivity index (χ2n) is 4.73. The fourth-order valence-electron chi connectivity index (χ4n) is 2.54. The number of anilines is 1. The van der Waals surface area contributed by atoms with Crippen molar-refractivity contribution in [1.29, 1.82) is 0 Å². The normalized spacial score (nSPS) is 17.2. The molecule has 0 radical (unpaired) electrons. The molecule has 0 amide bonds. The van der Waals surface area contributed by atoms with Crippen LogP contribution in [-0.2, 0) is 5.41 Å². The molecule has 4 heteroatoms. The van der Waals surface area contributed by atoms with Crippen LogP contribution in [0.3, 0.4) is 0 Å². The predicted octanol–water partition coefficient (Wildman–Crippen LogP) is 3.29. The number of nitrogens with zero attached hydrogens (tertiary/aromatic N) is 2. The van der Waals surface area contributed by atoms with E-state index in [0.717, 1.165) is 23.1 Å². The lowest BCUT2D eigenvalue weighted by molar-refractivity contribution is 0.285.